The molecule has 1 aliphatic rings. The zero-order chi connectivity index (χ0) is 14.0. The van der Waals surface area contributed by atoms with Crippen LogP contribution < -0.4 is 5.73 Å². The Hall–Kier alpha value is -1.14. The molecule has 0 aromatic heterocycles. The molecule has 1 unspecified atom stereocenters. The maximum absolute atomic E-state index is 13.8. The number of hydrogen-bond donors (Lipinski definition) is 1. The molecule has 0 saturated carbocycles. The van der Waals surface area contributed by atoms with E-state index in [0.29, 0.717) is 19.0 Å². The van der Waals surface area contributed by atoms with Crippen molar-refractivity contribution in [3.05, 3.63) is 24.0 Å². The predicted octanol–water partition coefficient (Wildman–Crippen LogP) is 2.22. The summed E-state index contributed by atoms with van der Waals surface area (Å²) in [6.45, 7) is 2.93. The highest BCUT2D eigenvalue weighted by Gasteiger charge is 2.32. The van der Waals surface area contributed by atoms with Crippen LogP contribution in [0.2, 0.25) is 0 Å². The summed E-state index contributed by atoms with van der Waals surface area (Å²) >= 11 is 0. The predicted molar refractivity (Wildman–Crippen MR) is 72.6 cm³/mol. The van der Waals surface area contributed by atoms with Gasteiger partial charge in [-0.25, -0.2) is 12.8 Å². The normalized spacial score (nSPS) is 21.5. The van der Waals surface area contributed by atoms with Crippen LogP contribution in [0.5, 0.6) is 0 Å². The molecule has 1 aromatic carbocycles. The second-order valence-corrected chi connectivity index (χ2v) is 6.81. The number of benzene rings is 1. The number of nitrogen functional groups attached to an aromatic ring is 1. The Labute approximate surface area is 113 Å². The topological polar surface area (TPSA) is 63.4 Å². The summed E-state index contributed by atoms with van der Waals surface area (Å²) in [4.78, 5) is -0.383. The monoisotopic (exact) mass is 286 g/mol. The molecule has 1 aromatic rings. The van der Waals surface area contributed by atoms with Gasteiger partial charge in [0.15, 0.2) is 0 Å². The summed E-state index contributed by atoms with van der Waals surface area (Å²) in [5.74, 6) is -0.435. The highest BCUT2D eigenvalue weighted by molar-refractivity contribution is 7.89. The average molecular weight is 286 g/mol. The van der Waals surface area contributed by atoms with E-state index in [9.17, 15) is 12.8 Å². The number of anilines is 1. The van der Waals surface area contributed by atoms with Gasteiger partial charge in [-0.1, -0.05) is 19.4 Å². The first-order valence-electron chi connectivity index (χ1n) is 6.51. The molecule has 1 fully saturated rings. The zero-order valence-corrected chi connectivity index (χ0v) is 11.8. The van der Waals surface area contributed by atoms with Crippen LogP contribution >= 0.6 is 0 Å². The van der Waals surface area contributed by atoms with Crippen LogP contribution in [0.25, 0.3) is 0 Å². The molecule has 0 amide bonds. The van der Waals surface area contributed by atoms with Crippen LogP contribution in [0.3, 0.4) is 0 Å². The summed E-state index contributed by atoms with van der Waals surface area (Å²) in [6, 6.07) is 3.95. The van der Waals surface area contributed by atoms with E-state index >= 15 is 0 Å². The molecule has 19 heavy (non-hydrogen) atoms. The number of nitrogens with zero attached hydrogens (tertiary/aromatic N) is 1. The van der Waals surface area contributed by atoms with Crippen molar-refractivity contribution in [1.82, 2.24) is 4.31 Å². The third kappa shape index (κ3) is 2.74. The van der Waals surface area contributed by atoms with Crippen molar-refractivity contribution in [3.63, 3.8) is 0 Å². The Morgan fingerprint density at radius 3 is 2.84 bits per heavy atom. The maximum Gasteiger partial charge on any atom is 0.248 e. The molecule has 2 N–H and O–H groups in total. The Bertz CT molecular complexity index is 540. The van der Waals surface area contributed by atoms with Crippen molar-refractivity contribution in [1.29, 1.82) is 0 Å². The molecule has 0 aliphatic carbocycles. The van der Waals surface area contributed by atoms with Gasteiger partial charge in [-0.05, 0) is 30.9 Å². The van der Waals surface area contributed by atoms with Gasteiger partial charge in [0.1, 0.15) is 10.7 Å². The highest BCUT2D eigenvalue weighted by Crippen LogP contribution is 2.29. The van der Waals surface area contributed by atoms with Crippen molar-refractivity contribution < 1.29 is 12.8 Å². The van der Waals surface area contributed by atoms with Crippen LogP contribution in [0.15, 0.2) is 23.1 Å². The van der Waals surface area contributed by atoms with Gasteiger partial charge in [-0.15, -0.1) is 0 Å². The Morgan fingerprint density at radius 2 is 2.21 bits per heavy atom. The summed E-state index contributed by atoms with van der Waals surface area (Å²) in [6.07, 6.45) is 2.76. The van der Waals surface area contributed by atoms with Gasteiger partial charge < -0.3 is 5.73 Å². The third-order valence-corrected chi connectivity index (χ3v) is 5.61. The van der Waals surface area contributed by atoms with Crippen molar-refractivity contribution in [2.75, 3.05) is 18.8 Å². The third-order valence-electron chi connectivity index (χ3n) is 3.65. The van der Waals surface area contributed by atoms with Crippen LogP contribution in [0.4, 0.5) is 10.1 Å². The molecule has 106 valence electrons. The standard InChI is InChI=1S/C13H19FN2O2S/c1-2-10-5-4-8-16(9-10)19(17,18)13-11(14)6-3-7-12(13)15/h3,6-7,10H,2,4-5,8-9,15H2,1H3. The fourth-order valence-corrected chi connectivity index (χ4v) is 4.22. The van der Waals surface area contributed by atoms with Crippen LogP contribution in [0, 0.1) is 11.7 Å². The van der Waals surface area contributed by atoms with Gasteiger partial charge in [0.2, 0.25) is 10.0 Å². The second-order valence-electron chi connectivity index (χ2n) is 4.94. The Morgan fingerprint density at radius 1 is 1.47 bits per heavy atom. The van der Waals surface area contributed by atoms with E-state index in [1.54, 1.807) is 0 Å². The highest BCUT2D eigenvalue weighted by atomic mass is 32.2. The Kier molecular flexibility index (Phi) is 4.10. The number of piperidine rings is 1. The van der Waals surface area contributed by atoms with Crippen molar-refractivity contribution >= 4 is 15.7 Å². The van der Waals surface area contributed by atoms with Gasteiger partial charge in [0.05, 0.1) is 5.69 Å². The molecular weight excluding hydrogens is 267 g/mol. The maximum atomic E-state index is 13.8. The number of nitrogens with two attached hydrogens (primary N) is 1. The summed E-state index contributed by atoms with van der Waals surface area (Å²) in [7, 11) is -3.83. The molecular formula is C13H19FN2O2S. The lowest BCUT2D eigenvalue weighted by Gasteiger charge is -2.31. The minimum Gasteiger partial charge on any atom is -0.398 e. The van der Waals surface area contributed by atoms with Crippen LogP contribution in [-0.2, 0) is 10.0 Å². The van der Waals surface area contributed by atoms with E-state index in [-0.39, 0.29) is 10.6 Å². The van der Waals surface area contributed by atoms with E-state index in [4.69, 9.17) is 5.73 Å². The van der Waals surface area contributed by atoms with E-state index in [1.807, 2.05) is 6.92 Å². The minimum absolute atomic E-state index is 0.0291. The molecule has 1 saturated heterocycles. The van der Waals surface area contributed by atoms with E-state index in [0.717, 1.165) is 25.3 Å². The van der Waals surface area contributed by atoms with Crippen LogP contribution in [0.1, 0.15) is 26.2 Å². The molecule has 4 nitrogen and oxygen atoms in total. The fraction of sp³-hybridized carbons (Fsp3) is 0.538. The number of sulfonamides is 1. The summed E-state index contributed by atoms with van der Waals surface area (Å²) in [5, 5.41) is 0. The van der Waals surface area contributed by atoms with Gasteiger partial charge in [0, 0.05) is 13.1 Å². The lowest BCUT2D eigenvalue weighted by atomic mass is 9.97. The van der Waals surface area contributed by atoms with Crippen molar-refractivity contribution in [2.24, 2.45) is 5.92 Å². The van der Waals surface area contributed by atoms with Gasteiger partial charge in [-0.3, -0.25) is 0 Å². The first kappa shape index (κ1) is 14.3. The van der Waals surface area contributed by atoms with E-state index in [2.05, 4.69) is 0 Å². The van der Waals surface area contributed by atoms with Gasteiger partial charge >= 0.3 is 0 Å². The molecule has 0 radical (unpaired) electrons. The van der Waals surface area contributed by atoms with Crippen molar-refractivity contribution in [3.8, 4) is 0 Å². The van der Waals surface area contributed by atoms with E-state index in [1.165, 1.54) is 16.4 Å². The number of halogens is 1. The van der Waals surface area contributed by atoms with Gasteiger partial charge in [-0.2, -0.15) is 4.31 Å². The second kappa shape index (κ2) is 5.46. The lowest BCUT2D eigenvalue weighted by Crippen LogP contribution is -2.40. The van der Waals surface area contributed by atoms with Crippen LogP contribution in [-0.4, -0.2) is 25.8 Å². The molecule has 0 bridgehead atoms. The average Bonchev–Trinajstić information content (AvgIpc) is 2.38. The van der Waals surface area contributed by atoms with Gasteiger partial charge in [0.25, 0.3) is 0 Å². The zero-order valence-electron chi connectivity index (χ0n) is 11.0. The molecule has 2 rings (SSSR count). The summed E-state index contributed by atoms with van der Waals surface area (Å²) in [5.41, 5.74) is 5.61. The molecule has 1 heterocycles. The Balaban J connectivity index is 2.37. The first-order chi connectivity index (χ1) is 8.96. The smallest absolute Gasteiger partial charge is 0.248 e. The summed E-state index contributed by atoms with van der Waals surface area (Å²) < 4.78 is 40.1. The fourth-order valence-electron chi connectivity index (χ4n) is 2.51. The first-order valence-corrected chi connectivity index (χ1v) is 7.95. The minimum atomic E-state index is -3.83. The SMILES string of the molecule is CCC1CCCN(S(=O)(=O)c2c(N)cccc2F)C1. The number of hydrogen-bond acceptors (Lipinski definition) is 3. The van der Waals surface area contributed by atoms with E-state index < -0.39 is 15.8 Å². The number of rotatable bonds is 3. The molecule has 6 heteroatoms. The largest absolute Gasteiger partial charge is 0.398 e. The quantitative estimate of drug-likeness (QED) is 0.867. The molecule has 0 spiro atoms. The molecule has 1 aliphatic heterocycles. The lowest BCUT2D eigenvalue weighted by molar-refractivity contribution is 0.261. The molecule has 1 atom stereocenters. The van der Waals surface area contributed by atoms with Crippen molar-refractivity contribution in [2.45, 2.75) is 31.1 Å².